The van der Waals surface area contributed by atoms with Crippen LogP contribution in [0.1, 0.15) is 25.3 Å². The lowest BCUT2D eigenvalue weighted by molar-refractivity contribution is 0.305. The van der Waals surface area contributed by atoms with Gasteiger partial charge in [0.15, 0.2) is 0 Å². The maximum absolute atomic E-state index is 9.26. The smallest absolute Gasteiger partial charge is 0.113 e. The van der Waals surface area contributed by atoms with Crippen LogP contribution in [-0.4, -0.2) is 25.9 Å². The number of hydrogen-bond donors (Lipinski definition) is 1. The molecule has 1 N–H and O–H groups in total. The van der Waals surface area contributed by atoms with Crippen LogP contribution in [0.5, 0.6) is 0 Å². The second-order valence-corrected chi connectivity index (χ2v) is 5.26. The highest BCUT2D eigenvalue weighted by Gasteiger charge is 2.47. The second kappa shape index (κ2) is 3.54. The van der Waals surface area contributed by atoms with Crippen molar-refractivity contribution in [3.63, 3.8) is 0 Å². The molecule has 5 nitrogen and oxygen atoms in total. The lowest BCUT2D eigenvalue weighted by Gasteiger charge is -2.23. The van der Waals surface area contributed by atoms with Crippen LogP contribution in [0.25, 0.3) is 11.0 Å². The summed E-state index contributed by atoms with van der Waals surface area (Å²) in [6.45, 7) is 0. The molecule has 2 aliphatic carbocycles. The van der Waals surface area contributed by atoms with Crippen molar-refractivity contribution in [1.82, 2.24) is 15.0 Å². The minimum atomic E-state index is 0.0983. The van der Waals surface area contributed by atoms with E-state index in [1.165, 1.54) is 6.42 Å². The standard InChI is InChI=1S/C13H14N4O/c18-15-12-8-5-6-9(7-8)13(12)17-11-4-2-1-3-10(11)14-16-17/h1-4,8-9,13,18H,5-7H2/b15-12+/t8-,9-,13+/m0/s1. The lowest BCUT2D eigenvalue weighted by atomic mass is 9.93. The number of nitrogens with zero attached hydrogens (tertiary/aromatic N) is 4. The topological polar surface area (TPSA) is 63.3 Å². The molecular formula is C13H14N4O. The van der Waals surface area contributed by atoms with E-state index in [0.717, 1.165) is 29.6 Å². The summed E-state index contributed by atoms with van der Waals surface area (Å²) in [4.78, 5) is 0. The average molecular weight is 242 g/mol. The summed E-state index contributed by atoms with van der Waals surface area (Å²) < 4.78 is 1.94. The van der Waals surface area contributed by atoms with Crippen molar-refractivity contribution in [1.29, 1.82) is 0 Å². The van der Waals surface area contributed by atoms with Crippen molar-refractivity contribution in [2.24, 2.45) is 17.0 Å². The Labute approximate surface area is 104 Å². The molecule has 4 rings (SSSR count). The minimum absolute atomic E-state index is 0.0983. The maximum atomic E-state index is 9.26. The highest BCUT2D eigenvalue weighted by molar-refractivity contribution is 5.94. The summed E-state index contributed by atoms with van der Waals surface area (Å²) in [5.41, 5.74) is 2.82. The van der Waals surface area contributed by atoms with Crippen LogP contribution in [0, 0.1) is 11.8 Å². The van der Waals surface area contributed by atoms with E-state index >= 15 is 0 Å². The minimum Gasteiger partial charge on any atom is -0.411 e. The molecule has 2 aromatic rings. The van der Waals surface area contributed by atoms with Gasteiger partial charge in [0, 0.05) is 5.92 Å². The second-order valence-electron chi connectivity index (χ2n) is 5.26. The summed E-state index contributed by atoms with van der Waals surface area (Å²) in [7, 11) is 0. The van der Waals surface area contributed by atoms with Gasteiger partial charge in [0.1, 0.15) is 5.52 Å². The van der Waals surface area contributed by atoms with Crippen molar-refractivity contribution in [3.8, 4) is 0 Å². The zero-order valence-electron chi connectivity index (χ0n) is 9.90. The van der Waals surface area contributed by atoms with Gasteiger partial charge in [-0.1, -0.05) is 22.5 Å². The summed E-state index contributed by atoms with van der Waals surface area (Å²) >= 11 is 0. The Bertz CT molecular complexity index is 633. The fraction of sp³-hybridized carbons (Fsp3) is 0.462. The van der Waals surface area contributed by atoms with Gasteiger partial charge in [0.05, 0.1) is 17.3 Å². The number of hydrogen-bond acceptors (Lipinski definition) is 4. The van der Waals surface area contributed by atoms with Crippen molar-refractivity contribution in [2.45, 2.75) is 25.3 Å². The fourth-order valence-electron chi connectivity index (χ4n) is 3.61. The Morgan fingerprint density at radius 1 is 1.28 bits per heavy atom. The van der Waals surface area contributed by atoms with E-state index in [1.807, 2.05) is 28.9 Å². The number of para-hydroxylation sites is 1. The van der Waals surface area contributed by atoms with Crippen LogP contribution in [-0.2, 0) is 0 Å². The van der Waals surface area contributed by atoms with Gasteiger partial charge in [-0.15, -0.1) is 5.10 Å². The first-order valence-corrected chi connectivity index (χ1v) is 6.40. The van der Waals surface area contributed by atoms with E-state index < -0.39 is 0 Å². The van der Waals surface area contributed by atoms with E-state index in [0.29, 0.717) is 11.8 Å². The van der Waals surface area contributed by atoms with Gasteiger partial charge in [-0.3, -0.25) is 0 Å². The predicted molar refractivity (Wildman–Crippen MR) is 66.6 cm³/mol. The Hall–Kier alpha value is -1.91. The monoisotopic (exact) mass is 242 g/mol. The average Bonchev–Trinajstić information content (AvgIpc) is 3.11. The van der Waals surface area contributed by atoms with Gasteiger partial charge >= 0.3 is 0 Å². The van der Waals surface area contributed by atoms with E-state index in [9.17, 15) is 5.21 Å². The van der Waals surface area contributed by atoms with Crippen molar-refractivity contribution < 1.29 is 5.21 Å². The third-order valence-corrected chi connectivity index (χ3v) is 4.40. The molecule has 0 saturated heterocycles. The maximum Gasteiger partial charge on any atom is 0.113 e. The molecule has 2 aliphatic rings. The Morgan fingerprint density at radius 3 is 3.06 bits per heavy atom. The molecule has 1 heterocycles. The van der Waals surface area contributed by atoms with Crippen LogP contribution in [0.2, 0.25) is 0 Å². The SMILES string of the molecule is O/N=C1\[C@H]2CC[C@@H](C2)[C@H]1n1nnc2ccccc21. The van der Waals surface area contributed by atoms with E-state index in [2.05, 4.69) is 15.5 Å². The molecule has 0 unspecified atom stereocenters. The Kier molecular flexibility index (Phi) is 1.98. The molecule has 1 aromatic carbocycles. The molecular weight excluding hydrogens is 228 g/mol. The van der Waals surface area contributed by atoms with E-state index in [1.54, 1.807) is 0 Å². The quantitative estimate of drug-likeness (QED) is 0.616. The lowest BCUT2D eigenvalue weighted by Crippen LogP contribution is -2.26. The summed E-state index contributed by atoms with van der Waals surface area (Å²) in [6, 6.07) is 8.04. The predicted octanol–water partition coefficient (Wildman–Crippen LogP) is 2.23. The van der Waals surface area contributed by atoms with Gasteiger partial charge in [0.2, 0.25) is 0 Å². The molecule has 1 aromatic heterocycles. The van der Waals surface area contributed by atoms with Crippen molar-refractivity contribution in [3.05, 3.63) is 24.3 Å². The van der Waals surface area contributed by atoms with Gasteiger partial charge in [0.25, 0.3) is 0 Å². The van der Waals surface area contributed by atoms with Gasteiger partial charge in [-0.2, -0.15) is 0 Å². The van der Waals surface area contributed by atoms with Crippen molar-refractivity contribution >= 4 is 16.7 Å². The normalized spacial score (nSPS) is 32.7. The number of fused-ring (bicyclic) bond motifs is 3. The zero-order valence-corrected chi connectivity index (χ0v) is 9.90. The zero-order chi connectivity index (χ0) is 12.1. The molecule has 92 valence electrons. The highest BCUT2D eigenvalue weighted by Crippen LogP contribution is 2.49. The Balaban J connectivity index is 1.88. The number of aromatic nitrogens is 3. The first-order chi connectivity index (χ1) is 8.88. The van der Waals surface area contributed by atoms with Crippen LogP contribution in [0.4, 0.5) is 0 Å². The summed E-state index contributed by atoms with van der Waals surface area (Å²) in [6.07, 6.45) is 3.47. The van der Waals surface area contributed by atoms with E-state index in [4.69, 9.17) is 0 Å². The molecule has 0 amide bonds. The van der Waals surface area contributed by atoms with Gasteiger partial charge in [-0.05, 0) is 37.3 Å². The molecule has 5 heteroatoms. The van der Waals surface area contributed by atoms with Gasteiger partial charge in [-0.25, -0.2) is 4.68 Å². The molecule has 2 saturated carbocycles. The molecule has 0 spiro atoms. The third-order valence-electron chi connectivity index (χ3n) is 4.40. The van der Waals surface area contributed by atoms with Crippen LogP contribution >= 0.6 is 0 Å². The number of rotatable bonds is 1. The largest absolute Gasteiger partial charge is 0.411 e. The molecule has 2 fully saturated rings. The molecule has 3 atom stereocenters. The van der Waals surface area contributed by atoms with Crippen LogP contribution < -0.4 is 0 Å². The number of benzene rings is 1. The highest BCUT2D eigenvalue weighted by atomic mass is 16.4. The fourth-order valence-corrected chi connectivity index (χ4v) is 3.61. The van der Waals surface area contributed by atoms with Crippen LogP contribution in [0.15, 0.2) is 29.4 Å². The first-order valence-electron chi connectivity index (χ1n) is 6.40. The van der Waals surface area contributed by atoms with E-state index in [-0.39, 0.29) is 6.04 Å². The molecule has 18 heavy (non-hydrogen) atoms. The number of oxime groups is 1. The van der Waals surface area contributed by atoms with Gasteiger partial charge < -0.3 is 5.21 Å². The summed E-state index contributed by atoms with van der Waals surface area (Å²) in [5, 5.41) is 21.3. The molecule has 0 radical (unpaired) electrons. The molecule has 0 aliphatic heterocycles. The van der Waals surface area contributed by atoms with Crippen molar-refractivity contribution in [2.75, 3.05) is 0 Å². The molecule has 2 bridgehead atoms. The Morgan fingerprint density at radius 2 is 2.17 bits per heavy atom. The van der Waals surface area contributed by atoms with Crippen LogP contribution in [0.3, 0.4) is 0 Å². The third kappa shape index (κ3) is 1.19. The summed E-state index contributed by atoms with van der Waals surface area (Å²) in [5.74, 6) is 0.985. The first kappa shape index (κ1) is 10.1.